The topological polar surface area (TPSA) is 15.3 Å². The lowest BCUT2D eigenvalue weighted by molar-refractivity contribution is 0.217. The third-order valence-electron chi connectivity index (χ3n) is 2.58. The predicted molar refractivity (Wildman–Crippen MR) is 58.6 cm³/mol. The summed E-state index contributed by atoms with van der Waals surface area (Å²) in [7, 11) is 2.08. The molecule has 1 N–H and O–H groups in total. The second-order valence-corrected chi connectivity index (χ2v) is 3.64. The molecule has 0 saturated heterocycles. The van der Waals surface area contributed by atoms with Gasteiger partial charge in [-0.1, -0.05) is 19.8 Å². The third kappa shape index (κ3) is 4.92. The summed E-state index contributed by atoms with van der Waals surface area (Å²) in [5.74, 6) is 3.30. The normalized spacial score (nSPS) is 15.4. The third-order valence-corrected chi connectivity index (χ3v) is 2.58. The SMILES string of the molecule is C#CCN(C)C(C)C(C)CNCC. The van der Waals surface area contributed by atoms with Crippen LogP contribution in [0.4, 0.5) is 0 Å². The molecular formula is C11H22N2. The van der Waals surface area contributed by atoms with Crippen molar-refractivity contribution in [2.45, 2.75) is 26.8 Å². The van der Waals surface area contributed by atoms with Gasteiger partial charge in [-0.25, -0.2) is 0 Å². The lowest BCUT2D eigenvalue weighted by Gasteiger charge is -2.28. The van der Waals surface area contributed by atoms with Crippen LogP contribution in [0.2, 0.25) is 0 Å². The molecule has 2 unspecified atom stereocenters. The summed E-state index contributed by atoms with van der Waals surface area (Å²) in [6.45, 7) is 9.43. The summed E-state index contributed by atoms with van der Waals surface area (Å²) in [6, 6.07) is 0.537. The molecule has 0 heterocycles. The molecule has 0 aliphatic rings. The zero-order valence-electron chi connectivity index (χ0n) is 9.30. The zero-order valence-corrected chi connectivity index (χ0v) is 9.30. The largest absolute Gasteiger partial charge is 0.317 e. The fourth-order valence-corrected chi connectivity index (χ4v) is 1.26. The van der Waals surface area contributed by atoms with Gasteiger partial charge in [0.15, 0.2) is 0 Å². The van der Waals surface area contributed by atoms with E-state index < -0.39 is 0 Å². The molecule has 0 spiro atoms. The fourth-order valence-electron chi connectivity index (χ4n) is 1.26. The van der Waals surface area contributed by atoms with E-state index in [4.69, 9.17) is 6.42 Å². The van der Waals surface area contributed by atoms with Gasteiger partial charge < -0.3 is 5.32 Å². The quantitative estimate of drug-likeness (QED) is 0.621. The lowest BCUT2D eigenvalue weighted by Crippen LogP contribution is -2.39. The molecule has 0 aromatic carbocycles. The minimum Gasteiger partial charge on any atom is -0.317 e. The number of nitrogens with zero attached hydrogens (tertiary/aromatic N) is 1. The first-order chi connectivity index (χ1) is 6.13. The molecule has 0 fully saturated rings. The highest BCUT2D eigenvalue weighted by Crippen LogP contribution is 2.07. The molecule has 0 bridgehead atoms. The molecule has 0 aromatic rings. The molecule has 0 aliphatic heterocycles. The van der Waals surface area contributed by atoms with Gasteiger partial charge in [0.05, 0.1) is 6.54 Å². The highest BCUT2D eigenvalue weighted by molar-refractivity contribution is 4.89. The molecule has 2 heteroatoms. The Labute approximate surface area is 82.7 Å². The molecule has 0 amide bonds. The maximum Gasteiger partial charge on any atom is 0.0598 e. The molecule has 2 atom stereocenters. The average molecular weight is 182 g/mol. The standard InChI is InChI=1S/C11H22N2/c1-6-8-13(5)11(4)10(3)9-12-7-2/h1,10-12H,7-9H2,2-5H3. The van der Waals surface area contributed by atoms with Crippen molar-refractivity contribution in [1.82, 2.24) is 10.2 Å². The first-order valence-corrected chi connectivity index (χ1v) is 4.97. The van der Waals surface area contributed by atoms with Gasteiger partial charge in [-0.05, 0) is 33.0 Å². The van der Waals surface area contributed by atoms with Gasteiger partial charge in [0.1, 0.15) is 0 Å². The van der Waals surface area contributed by atoms with Gasteiger partial charge in [-0.15, -0.1) is 6.42 Å². The van der Waals surface area contributed by atoms with E-state index in [0.717, 1.165) is 19.6 Å². The predicted octanol–water partition coefficient (Wildman–Crippen LogP) is 1.19. The Morgan fingerprint density at radius 1 is 1.46 bits per heavy atom. The van der Waals surface area contributed by atoms with Gasteiger partial charge in [0.2, 0.25) is 0 Å². The van der Waals surface area contributed by atoms with Gasteiger partial charge in [0, 0.05) is 6.04 Å². The smallest absolute Gasteiger partial charge is 0.0598 e. The summed E-state index contributed by atoms with van der Waals surface area (Å²) in [6.07, 6.45) is 5.26. The molecule has 76 valence electrons. The Hall–Kier alpha value is -0.520. The minimum atomic E-state index is 0.537. The summed E-state index contributed by atoms with van der Waals surface area (Å²) in [5.41, 5.74) is 0. The fraction of sp³-hybridized carbons (Fsp3) is 0.818. The molecule has 0 aliphatic carbocycles. The van der Waals surface area contributed by atoms with E-state index in [9.17, 15) is 0 Å². The highest BCUT2D eigenvalue weighted by Gasteiger charge is 2.15. The van der Waals surface area contributed by atoms with Crippen molar-refractivity contribution in [1.29, 1.82) is 0 Å². The van der Waals surface area contributed by atoms with Crippen LogP contribution in [-0.2, 0) is 0 Å². The van der Waals surface area contributed by atoms with Gasteiger partial charge in [-0.3, -0.25) is 4.90 Å². The Bertz CT molecular complexity index is 160. The van der Waals surface area contributed by atoms with E-state index in [1.54, 1.807) is 0 Å². The zero-order chi connectivity index (χ0) is 10.3. The Morgan fingerprint density at radius 2 is 2.08 bits per heavy atom. The van der Waals surface area contributed by atoms with Crippen LogP contribution in [0.1, 0.15) is 20.8 Å². The van der Waals surface area contributed by atoms with Crippen molar-refractivity contribution in [2.24, 2.45) is 5.92 Å². The first-order valence-electron chi connectivity index (χ1n) is 4.97. The van der Waals surface area contributed by atoms with Crippen molar-refractivity contribution < 1.29 is 0 Å². The van der Waals surface area contributed by atoms with E-state index in [1.165, 1.54) is 0 Å². The average Bonchev–Trinajstić information content (AvgIpc) is 2.13. The van der Waals surface area contributed by atoms with E-state index in [-0.39, 0.29) is 0 Å². The monoisotopic (exact) mass is 182 g/mol. The molecule has 0 aromatic heterocycles. The number of terminal acetylenes is 1. The lowest BCUT2D eigenvalue weighted by atomic mass is 10.0. The van der Waals surface area contributed by atoms with E-state index >= 15 is 0 Å². The van der Waals surface area contributed by atoms with Crippen molar-refractivity contribution in [2.75, 3.05) is 26.7 Å². The molecule has 13 heavy (non-hydrogen) atoms. The van der Waals surface area contributed by atoms with E-state index in [2.05, 4.69) is 44.0 Å². The highest BCUT2D eigenvalue weighted by atomic mass is 15.1. The molecule has 0 radical (unpaired) electrons. The van der Waals surface area contributed by atoms with Crippen LogP contribution in [0.3, 0.4) is 0 Å². The van der Waals surface area contributed by atoms with Crippen LogP contribution in [0.5, 0.6) is 0 Å². The minimum absolute atomic E-state index is 0.537. The van der Waals surface area contributed by atoms with Crippen molar-refractivity contribution in [3.05, 3.63) is 0 Å². The summed E-state index contributed by atoms with van der Waals surface area (Å²) in [5, 5.41) is 3.35. The molecule has 0 rings (SSSR count). The summed E-state index contributed by atoms with van der Waals surface area (Å²) in [4.78, 5) is 2.21. The maximum atomic E-state index is 5.26. The summed E-state index contributed by atoms with van der Waals surface area (Å²) >= 11 is 0. The Kier molecular flexibility index (Phi) is 6.66. The molecule has 2 nitrogen and oxygen atoms in total. The number of hydrogen-bond donors (Lipinski definition) is 1. The molecule has 0 saturated carbocycles. The Morgan fingerprint density at radius 3 is 2.54 bits per heavy atom. The van der Waals surface area contributed by atoms with Crippen LogP contribution in [-0.4, -0.2) is 37.6 Å². The van der Waals surface area contributed by atoms with E-state index in [0.29, 0.717) is 12.0 Å². The maximum absolute atomic E-state index is 5.26. The van der Waals surface area contributed by atoms with Crippen molar-refractivity contribution in [3.8, 4) is 12.3 Å². The van der Waals surface area contributed by atoms with Gasteiger partial charge in [-0.2, -0.15) is 0 Å². The van der Waals surface area contributed by atoms with Crippen LogP contribution >= 0.6 is 0 Å². The number of hydrogen-bond acceptors (Lipinski definition) is 2. The molecular weight excluding hydrogens is 160 g/mol. The summed E-state index contributed by atoms with van der Waals surface area (Å²) < 4.78 is 0. The van der Waals surface area contributed by atoms with Crippen molar-refractivity contribution >= 4 is 0 Å². The first kappa shape index (κ1) is 12.5. The second-order valence-electron chi connectivity index (χ2n) is 3.64. The second kappa shape index (κ2) is 6.94. The van der Waals surface area contributed by atoms with Crippen LogP contribution in [0, 0.1) is 18.3 Å². The van der Waals surface area contributed by atoms with Crippen molar-refractivity contribution in [3.63, 3.8) is 0 Å². The van der Waals surface area contributed by atoms with Gasteiger partial charge in [0.25, 0.3) is 0 Å². The van der Waals surface area contributed by atoms with Crippen LogP contribution in [0.25, 0.3) is 0 Å². The van der Waals surface area contributed by atoms with E-state index in [1.807, 2.05) is 0 Å². The van der Waals surface area contributed by atoms with Gasteiger partial charge >= 0.3 is 0 Å². The number of rotatable bonds is 6. The van der Waals surface area contributed by atoms with Crippen LogP contribution < -0.4 is 5.32 Å². The Balaban J connectivity index is 3.80. The number of nitrogens with one attached hydrogen (secondary N) is 1. The van der Waals surface area contributed by atoms with Crippen LogP contribution in [0.15, 0.2) is 0 Å².